The number of imide groups is 1. The second kappa shape index (κ2) is 1.69. The lowest BCUT2D eigenvalue weighted by atomic mass is 10.3. The van der Waals surface area contributed by atoms with E-state index in [1.807, 2.05) is 0 Å². The van der Waals surface area contributed by atoms with Crippen molar-refractivity contribution in [1.82, 2.24) is 4.90 Å². The number of hydrogen-bond donors (Lipinski definition) is 0. The number of rotatable bonds is 0. The van der Waals surface area contributed by atoms with Crippen molar-refractivity contribution in [2.24, 2.45) is 0 Å². The van der Waals surface area contributed by atoms with Gasteiger partial charge in [0.2, 0.25) is 0 Å². The van der Waals surface area contributed by atoms with E-state index in [1.54, 1.807) is 6.92 Å². The third-order valence-electron chi connectivity index (χ3n) is 1.31. The molecule has 1 heterocycles. The molecular formula is C6H7NO2. The molecule has 9 heavy (non-hydrogen) atoms. The van der Waals surface area contributed by atoms with E-state index in [2.05, 4.69) is 0 Å². The van der Waals surface area contributed by atoms with E-state index in [9.17, 15) is 9.59 Å². The molecule has 1 rings (SSSR count). The van der Waals surface area contributed by atoms with E-state index in [0.717, 1.165) is 4.90 Å². The normalized spacial score (nSPS) is 18.9. The van der Waals surface area contributed by atoms with Crippen molar-refractivity contribution in [2.45, 2.75) is 6.92 Å². The number of amides is 2. The van der Waals surface area contributed by atoms with Crippen LogP contribution in [0.5, 0.6) is 0 Å². The van der Waals surface area contributed by atoms with E-state index >= 15 is 0 Å². The molecule has 3 heteroatoms. The lowest BCUT2D eigenvalue weighted by molar-refractivity contribution is -0.135. The molecule has 0 N–H and O–H groups in total. The van der Waals surface area contributed by atoms with Gasteiger partial charge in [-0.2, -0.15) is 0 Å². The van der Waals surface area contributed by atoms with Crippen molar-refractivity contribution >= 4 is 11.8 Å². The molecule has 0 fully saturated rings. The van der Waals surface area contributed by atoms with Crippen LogP contribution in [0.3, 0.4) is 0 Å². The van der Waals surface area contributed by atoms with Gasteiger partial charge < -0.3 is 0 Å². The van der Waals surface area contributed by atoms with Gasteiger partial charge in [-0.3, -0.25) is 14.5 Å². The van der Waals surface area contributed by atoms with Gasteiger partial charge in [0.25, 0.3) is 11.8 Å². The van der Waals surface area contributed by atoms with Crippen LogP contribution in [0.4, 0.5) is 0 Å². The topological polar surface area (TPSA) is 37.4 Å². The molecule has 0 saturated carbocycles. The molecule has 0 aromatic heterocycles. The van der Waals surface area contributed by atoms with E-state index in [-0.39, 0.29) is 11.8 Å². The molecule has 3 nitrogen and oxygen atoms in total. The maximum absolute atomic E-state index is 10.8. The van der Waals surface area contributed by atoms with Crippen molar-refractivity contribution in [3.63, 3.8) is 0 Å². The summed E-state index contributed by atoms with van der Waals surface area (Å²) in [5.74, 6) is -0.419. The lowest BCUT2D eigenvalue weighted by Gasteiger charge is -2.03. The summed E-state index contributed by atoms with van der Waals surface area (Å²) in [6.45, 7) is 1.63. The number of carbonyl (C=O) groups is 2. The highest BCUT2D eigenvalue weighted by molar-refractivity contribution is 6.15. The predicted molar refractivity (Wildman–Crippen MR) is 31.5 cm³/mol. The number of hydrogen-bond acceptors (Lipinski definition) is 2. The van der Waals surface area contributed by atoms with Crippen LogP contribution in [0.25, 0.3) is 0 Å². The van der Waals surface area contributed by atoms with Gasteiger partial charge in [-0.05, 0) is 6.92 Å². The molecule has 48 valence electrons. The Morgan fingerprint density at radius 2 is 2.00 bits per heavy atom. The molecule has 0 bridgehead atoms. The van der Waals surface area contributed by atoms with Gasteiger partial charge in [0, 0.05) is 18.7 Å². The highest BCUT2D eigenvalue weighted by Crippen LogP contribution is 2.07. The third-order valence-corrected chi connectivity index (χ3v) is 1.31. The van der Waals surface area contributed by atoms with Gasteiger partial charge in [-0.1, -0.05) is 0 Å². The van der Waals surface area contributed by atoms with E-state index in [4.69, 9.17) is 0 Å². The quantitative estimate of drug-likeness (QED) is 0.425. The molecule has 0 saturated heterocycles. The van der Waals surface area contributed by atoms with Gasteiger partial charge >= 0.3 is 0 Å². The molecule has 0 spiro atoms. The van der Waals surface area contributed by atoms with E-state index < -0.39 is 0 Å². The van der Waals surface area contributed by atoms with Crippen LogP contribution < -0.4 is 0 Å². The largest absolute Gasteiger partial charge is 0.278 e. The van der Waals surface area contributed by atoms with Crippen molar-refractivity contribution in [3.05, 3.63) is 11.6 Å². The molecule has 0 aromatic rings. The van der Waals surface area contributed by atoms with Crippen LogP contribution in [0, 0.1) is 0 Å². The Morgan fingerprint density at radius 1 is 1.44 bits per heavy atom. The van der Waals surface area contributed by atoms with Gasteiger partial charge in [0.05, 0.1) is 0 Å². The molecule has 0 aliphatic carbocycles. The Kier molecular flexibility index (Phi) is 1.12. The van der Waals surface area contributed by atoms with Crippen molar-refractivity contribution in [1.29, 1.82) is 0 Å². The number of nitrogens with zero attached hydrogens (tertiary/aromatic N) is 1. The second-order valence-corrected chi connectivity index (χ2v) is 2.03. The summed E-state index contributed by atoms with van der Waals surface area (Å²) in [5.41, 5.74) is 0.516. The molecule has 0 unspecified atom stereocenters. The third kappa shape index (κ3) is 0.740. The minimum absolute atomic E-state index is 0.194. The Hall–Kier alpha value is -1.12. The average Bonchev–Trinajstić information content (AvgIpc) is 1.98. The summed E-state index contributed by atoms with van der Waals surface area (Å²) in [4.78, 5) is 22.5. The van der Waals surface area contributed by atoms with Crippen LogP contribution in [0.2, 0.25) is 0 Å². The summed E-state index contributed by atoms with van der Waals surface area (Å²) >= 11 is 0. The smallest absolute Gasteiger partial charge is 0.256 e. The van der Waals surface area contributed by atoms with Crippen LogP contribution in [0.1, 0.15) is 6.92 Å². The fraction of sp³-hybridized carbons (Fsp3) is 0.333. The van der Waals surface area contributed by atoms with Gasteiger partial charge in [0.1, 0.15) is 0 Å². The maximum Gasteiger partial charge on any atom is 0.256 e. The lowest BCUT2D eigenvalue weighted by Crippen LogP contribution is -2.25. The monoisotopic (exact) mass is 125 g/mol. The Morgan fingerprint density at radius 3 is 2.11 bits per heavy atom. The van der Waals surface area contributed by atoms with Crippen LogP contribution in [-0.2, 0) is 9.59 Å². The molecule has 1 aliphatic rings. The number of likely N-dealkylation sites (N-methyl/N-ethyl adjacent to an activating group) is 1. The standard InChI is InChI=1S/C6H7NO2/c1-4-3-5(8)7(2)6(4)9/h3H,1-2H3. The summed E-state index contributed by atoms with van der Waals surface area (Å²) in [5, 5.41) is 0. The maximum atomic E-state index is 10.8. The molecule has 0 atom stereocenters. The molecule has 2 amide bonds. The zero-order valence-corrected chi connectivity index (χ0v) is 5.34. The van der Waals surface area contributed by atoms with Gasteiger partial charge in [0.15, 0.2) is 0 Å². The van der Waals surface area contributed by atoms with E-state index in [0.29, 0.717) is 5.57 Å². The predicted octanol–water partition coefficient (Wildman–Crippen LogP) is -0.0687. The summed E-state index contributed by atoms with van der Waals surface area (Å²) in [6, 6.07) is 0. The first-order valence-electron chi connectivity index (χ1n) is 2.63. The average molecular weight is 125 g/mol. The Balaban J connectivity index is 2.95. The first-order valence-corrected chi connectivity index (χ1v) is 2.63. The van der Waals surface area contributed by atoms with Crippen LogP contribution in [0.15, 0.2) is 11.6 Å². The van der Waals surface area contributed by atoms with Crippen LogP contribution >= 0.6 is 0 Å². The minimum atomic E-state index is -0.225. The second-order valence-electron chi connectivity index (χ2n) is 2.03. The molecule has 1 aliphatic heterocycles. The first kappa shape index (κ1) is 6.01. The zero-order valence-electron chi connectivity index (χ0n) is 5.34. The van der Waals surface area contributed by atoms with E-state index in [1.165, 1.54) is 13.1 Å². The molecular weight excluding hydrogens is 118 g/mol. The van der Waals surface area contributed by atoms with Crippen molar-refractivity contribution in [2.75, 3.05) is 7.05 Å². The highest BCUT2D eigenvalue weighted by Gasteiger charge is 2.23. The molecule has 0 radical (unpaired) electrons. The Labute approximate surface area is 53.0 Å². The SMILES string of the molecule is CC1=CC(=O)N(C)C1=O. The zero-order chi connectivity index (χ0) is 7.02. The highest BCUT2D eigenvalue weighted by atomic mass is 16.2. The molecule has 0 aromatic carbocycles. The fourth-order valence-corrected chi connectivity index (χ4v) is 0.708. The Bertz CT molecular complexity index is 205. The summed E-state index contributed by atoms with van der Waals surface area (Å²) in [6.07, 6.45) is 1.34. The van der Waals surface area contributed by atoms with Gasteiger partial charge in [-0.15, -0.1) is 0 Å². The summed E-state index contributed by atoms with van der Waals surface area (Å²) < 4.78 is 0. The summed E-state index contributed by atoms with van der Waals surface area (Å²) in [7, 11) is 1.47. The van der Waals surface area contributed by atoms with Crippen LogP contribution in [-0.4, -0.2) is 23.8 Å². The van der Waals surface area contributed by atoms with Gasteiger partial charge in [-0.25, -0.2) is 0 Å². The van der Waals surface area contributed by atoms with Crippen molar-refractivity contribution < 1.29 is 9.59 Å². The number of carbonyl (C=O) groups excluding carboxylic acids is 2. The fourth-order valence-electron chi connectivity index (χ4n) is 0.708. The minimum Gasteiger partial charge on any atom is -0.278 e. The van der Waals surface area contributed by atoms with Crippen molar-refractivity contribution in [3.8, 4) is 0 Å². The first-order chi connectivity index (χ1) is 4.13.